The van der Waals surface area contributed by atoms with Gasteiger partial charge in [0.05, 0.1) is 5.92 Å². The first kappa shape index (κ1) is 11.0. The molecule has 2 fully saturated rings. The van der Waals surface area contributed by atoms with Crippen LogP contribution in [0.25, 0.3) is 0 Å². The van der Waals surface area contributed by atoms with Crippen LogP contribution in [-0.4, -0.2) is 11.7 Å². The Morgan fingerprint density at radius 3 is 2.33 bits per heavy atom. The molecule has 0 spiro atoms. The van der Waals surface area contributed by atoms with Crippen LogP contribution in [0.4, 0.5) is 8.78 Å². The molecule has 0 amide bonds. The van der Waals surface area contributed by atoms with Crippen molar-refractivity contribution in [3.05, 3.63) is 0 Å². The zero-order valence-electron chi connectivity index (χ0n) is 9.30. The van der Waals surface area contributed by atoms with E-state index in [4.69, 9.17) is 0 Å². The summed E-state index contributed by atoms with van der Waals surface area (Å²) in [7, 11) is 0. The first-order valence-corrected chi connectivity index (χ1v) is 5.83. The molecule has 0 aromatic rings. The number of ketones is 1. The van der Waals surface area contributed by atoms with Gasteiger partial charge in [-0.2, -0.15) is 0 Å². The monoisotopic (exact) mass is 216 g/mol. The van der Waals surface area contributed by atoms with E-state index in [9.17, 15) is 13.6 Å². The Morgan fingerprint density at radius 1 is 1.33 bits per heavy atom. The van der Waals surface area contributed by atoms with Gasteiger partial charge in [0.25, 0.3) is 5.92 Å². The molecule has 0 aromatic heterocycles. The zero-order chi connectivity index (χ0) is 11.2. The summed E-state index contributed by atoms with van der Waals surface area (Å²) in [6.45, 7) is 4.28. The molecule has 1 nitrogen and oxygen atoms in total. The topological polar surface area (TPSA) is 17.1 Å². The van der Waals surface area contributed by atoms with Gasteiger partial charge in [-0.3, -0.25) is 4.79 Å². The molecule has 2 unspecified atom stereocenters. The highest BCUT2D eigenvalue weighted by atomic mass is 19.3. The maximum absolute atomic E-state index is 12.7. The Hall–Kier alpha value is -0.470. The SMILES string of the molecule is CC(C)[C@@H]1CCC(C(=O)C2CC2(F)F)C1. The standard InChI is InChI=1S/C12H18F2O/c1-7(2)8-3-4-9(5-8)11(15)10-6-12(10,13)14/h7-10H,3-6H2,1-2H3/t8-,9?,10?/m1/s1. The van der Waals surface area contributed by atoms with Crippen LogP contribution in [0.15, 0.2) is 0 Å². The van der Waals surface area contributed by atoms with Crippen molar-refractivity contribution < 1.29 is 13.6 Å². The summed E-state index contributed by atoms with van der Waals surface area (Å²) in [4.78, 5) is 11.7. The van der Waals surface area contributed by atoms with Gasteiger partial charge >= 0.3 is 0 Å². The van der Waals surface area contributed by atoms with Crippen molar-refractivity contribution in [1.29, 1.82) is 0 Å². The lowest BCUT2D eigenvalue weighted by Gasteiger charge is -2.13. The summed E-state index contributed by atoms with van der Waals surface area (Å²) < 4.78 is 25.5. The molecule has 0 bridgehead atoms. The van der Waals surface area contributed by atoms with E-state index in [1.54, 1.807) is 0 Å². The lowest BCUT2D eigenvalue weighted by atomic mass is 9.91. The summed E-state index contributed by atoms with van der Waals surface area (Å²) in [6, 6.07) is 0. The van der Waals surface area contributed by atoms with Crippen molar-refractivity contribution in [2.45, 2.75) is 45.5 Å². The van der Waals surface area contributed by atoms with E-state index in [1.807, 2.05) is 0 Å². The van der Waals surface area contributed by atoms with Crippen LogP contribution < -0.4 is 0 Å². The Kier molecular flexibility index (Phi) is 2.60. The highest BCUT2D eigenvalue weighted by Gasteiger charge is 2.62. The van der Waals surface area contributed by atoms with Crippen LogP contribution in [0.5, 0.6) is 0 Å². The second-order valence-electron chi connectivity index (χ2n) is 5.43. The second-order valence-corrected chi connectivity index (χ2v) is 5.43. The first-order chi connectivity index (χ1) is 6.92. The molecule has 0 heterocycles. The molecule has 0 N–H and O–H groups in total. The third-order valence-corrected chi connectivity index (χ3v) is 3.99. The van der Waals surface area contributed by atoms with Gasteiger partial charge in [-0.05, 0) is 31.1 Å². The number of carbonyl (C=O) groups is 1. The molecule has 0 aliphatic heterocycles. The first-order valence-electron chi connectivity index (χ1n) is 5.83. The minimum absolute atomic E-state index is 0.0734. The molecule has 2 rings (SSSR count). The van der Waals surface area contributed by atoms with E-state index in [0.29, 0.717) is 11.8 Å². The second kappa shape index (κ2) is 3.53. The molecule has 86 valence electrons. The molecule has 2 saturated carbocycles. The molecule has 2 aliphatic carbocycles. The number of carbonyl (C=O) groups excluding carboxylic acids is 1. The molecule has 0 saturated heterocycles. The van der Waals surface area contributed by atoms with Gasteiger partial charge < -0.3 is 0 Å². The van der Waals surface area contributed by atoms with E-state index < -0.39 is 11.8 Å². The van der Waals surface area contributed by atoms with Crippen molar-refractivity contribution in [2.75, 3.05) is 0 Å². The van der Waals surface area contributed by atoms with Crippen molar-refractivity contribution in [3.8, 4) is 0 Å². The fourth-order valence-corrected chi connectivity index (χ4v) is 2.69. The Bertz CT molecular complexity index is 273. The maximum atomic E-state index is 12.7. The number of hydrogen-bond acceptors (Lipinski definition) is 1. The summed E-state index contributed by atoms with van der Waals surface area (Å²) in [5, 5.41) is 0. The van der Waals surface area contributed by atoms with E-state index in [2.05, 4.69) is 13.8 Å². The number of alkyl halides is 2. The van der Waals surface area contributed by atoms with E-state index in [1.165, 1.54) is 0 Å². The average molecular weight is 216 g/mol. The predicted octanol–water partition coefficient (Wildman–Crippen LogP) is 3.28. The molecule has 0 aromatic carbocycles. The molecular weight excluding hydrogens is 198 g/mol. The summed E-state index contributed by atoms with van der Waals surface area (Å²) >= 11 is 0. The Balaban J connectivity index is 1.89. The lowest BCUT2D eigenvalue weighted by molar-refractivity contribution is -0.126. The minimum Gasteiger partial charge on any atom is -0.299 e. The largest absolute Gasteiger partial charge is 0.299 e. The van der Waals surface area contributed by atoms with Crippen molar-refractivity contribution in [1.82, 2.24) is 0 Å². The quantitative estimate of drug-likeness (QED) is 0.707. The summed E-state index contributed by atoms with van der Waals surface area (Å²) in [5.41, 5.74) is 0. The third kappa shape index (κ3) is 2.06. The molecule has 2 aliphatic rings. The molecular formula is C12H18F2O. The van der Waals surface area contributed by atoms with E-state index in [-0.39, 0.29) is 18.1 Å². The Labute approximate surface area is 89.2 Å². The van der Waals surface area contributed by atoms with E-state index >= 15 is 0 Å². The van der Waals surface area contributed by atoms with Crippen molar-refractivity contribution >= 4 is 5.78 Å². The highest BCUT2D eigenvalue weighted by molar-refractivity contribution is 5.87. The number of Topliss-reactive ketones (excluding diaryl/α,β-unsaturated/α-hetero) is 1. The molecule has 0 radical (unpaired) electrons. The van der Waals surface area contributed by atoms with Gasteiger partial charge in [-0.15, -0.1) is 0 Å². The van der Waals surface area contributed by atoms with Crippen LogP contribution in [-0.2, 0) is 4.79 Å². The van der Waals surface area contributed by atoms with Crippen LogP contribution in [0.2, 0.25) is 0 Å². The normalized spacial score (nSPS) is 38.3. The number of rotatable bonds is 3. The van der Waals surface area contributed by atoms with Gasteiger partial charge in [0.1, 0.15) is 5.78 Å². The van der Waals surface area contributed by atoms with Crippen molar-refractivity contribution in [3.63, 3.8) is 0 Å². The average Bonchev–Trinajstić information content (AvgIpc) is 2.65. The van der Waals surface area contributed by atoms with Gasteiger partial charge in [0.2, 0.25) is 0 Å². The van der Waals surface area contributed by atoms with Gasteiger partial charge in [-0.1, -0.05) is 13.8 Å². The molecule has 3 atom stereocenters. The van der Waals surface area contributed by atoms with Gasteiger partial charge in [-0.25, -0.2) is 8.78 Å². The summed E-state index contributed by atoms with van der Waals surface area (Å²) in [5.74, 6) is -2.71. The van der Waals surface area contributed by atoms with Crippen LogP contribution in [0, 0.1) is 23.7 Å². The van der Waals surface area contributed by atoms with Gasteiger partial charge in [0, 0.05) is 12.3 Å². The van der Waals surface area contributed by atoms with Gasteiger partial charge in [0.15, 0.2) is 0 Å². The smallest absolute Gasteiger partial charge is 0.258 e. The third-order valence-electron chi connectivity index (χ3n) is 3.99. The summed E-state index contributed by atoms with van der Waals surface area (Å²) in [6.07, 6.45) is 2.50. The Morgan fingerprint density at radius 2 is 1.93 bits per heavy atom. The lowest BCUT2D eigenvalue weighted by Crippen LogP contribution is -2.17. The number of halogens is 2. The van der Waals surface area contributed by atoms with Crippen molar-refractivity contribution in [2.24, 2.45) is 23.7 Å². The number of hydrogen-bond donors (Lipinski definition) is 0. The molecule has 3 heteroatoms. The van der Waals surface area contributed by atoms with E-state index in [0.717, 1.165) is 19.3 Å². The zero-order valence-corrected chi connectivity index (χ0v) is 9.30. The fraction of sp³-hybridized carbons (Fsp3) is 0.917. The fourth-order valence-electron chi connectivity index (χ4n) is 2.69. The highest BCUT2D eigenvalue weighted by Crippen LogP contribution is 2.52. The van der Waals surface area contributed by atoms with Crippen LogP contribution >= 0.6 is 0 Å². The maximum Gasteiger partial charge on any atom is 0.258 e. The van der Waals surface area contributed by atoms with Crippen LogP contribution in [0.1, 0.15) is 39.5 Å². The predicted molar refractivity (Wildman–Crippen MR) is 53.7 cm³/mol. The minimum atomic E-state index is -2.67. The van der Waals surface area contributed by atoms with Crippen LogP contribution in [0.3, 0.4) is 0 Å². The molecule has 15 heavy (non-hydrogen) atoms.